The van der Waals surface area contributed by atoms with Crippen LogP contribution in [0.15, 0.2) is 12.3 Å². The highest BCUT2D eigenvalue weighted by Crippen LogP contribution is 2.31. The molecule has 6 nitrogen and oxygen atoms in total. The number of aromatic nitrogens is 2. The minimum absolute atomic E-state index is 0.0111. The molecule has 1 aliphatic heterocycles. The van der Waals surface area contributed by atoms with E-state index in [0.717, 1.165) is 31.5 Å². The summed E-state index contributed by atoms with van der Waals surface area (Å²) in [7, 11) is 0. The van der Waals surface area contributed by atoms with Crippen LogP contribution < -0.4 is 5.32 Å². The van der Waals surface area contributed by atoms with Gasteiger partial charge in [0.05, 0.1) is 18.8 Å². The molecular weight excluding hydrogens is 280 g/mol. The Morgan fingerprint density at radius 2 is 2.09 bits per heavy atom. The normalized spacial score (nSPS) is 24.5. The van der Waals surface area contributed by atoms with Crippen LogP contribution in [0.2, 0.25) is 0 Å². The maximum atomic E-state index is 12.5. The molecule has 1 atom stereocenters. The zero-order chi connectivity index (χ0) is 15.1. The highest BCUT2D eigenvalue weighted by atomic mass is 16.2. The lowest BCUT2D eigenvalue weighted by Crippen LogP contribution is -2.49. The molecule has 0 spiro atoms. The van der Waals surface area contributed by atoms with Gasteiger partial charge in [-0.15, -0.1) is 0 Å². The van der Waals surface area contributed by atoms with E-state index in [9.17, 15) is 9.59 Å². The number of nitrogens with one attached hydrogen (secondary N) is 1. The molecule has 2 saturated carbocycles. The zero-order valence-electron chi connectivity index (χ0n) is 12.7. The van der Waals surface area contributed by atoms with Gasteiger partial charge in [0.1, 0.15) is 6.04 Å². The topological polar surface area (TPSA) is 67.2 Å². The van der Waals surface area contributed by atoms with E-state index in [4.69, 9.17) is 0 Å². The van der Waals surface area contributed by atoms with Gasteiger partial charge in [-0.25, -0.2) is 0 Å². The van der Waals surface area contributed by atoms with Gasteiger partial charge in [-0.2, -0.15) is 5.10 Å². The van der Waals surface area contributed by atoms with Crippen LogP contribution in [0.1, 0.15) is 43.8 Å². The molecule has 22 heavy (non-hydrogen) atoms. The van der Waals surface area contributed by atoms with E-state index >= 15 is 0 Å². The SMILES string of the molecule is O=C(NCC1CC1)C1CN(C(=O)C2CCC2)Cc2ccnn21. The van der Waals surface area contributed by atoms with Gasteiger partial charge in [-0.05, 0) is 37.7 Å². The molecule has 3 aliphatic rings. The van der Waals surface area contributed by atoms with Crippen molar-refractivity contribution >= 4 is 11.8 Å². The smallest absolute Gasteiger partial charge is 0.246 e. The molecule has 1 aromatic rings. The van der Waals surface area contributed by atoms with E-state index in [0.29, 0.717) is 19.0 Å². The maximum Gasteiger partial charge on any atom is 0.246 e. The number of nitrogens with zero attached hydrogens (tertiary/aromatic N) is 3. The van der Waals surface area contributed by atoms with Gasteiger partial charge in [-0.1, -0.05) is 6.42 Å². The molecular formula is C16H22N4O2. The summed E-state index contributed by atoms with van der Waals surface area (Å²) in [6, 6.07) is 1.52. The van der Waals surface area contributed by atoms with Crippen LogP contribution in [0, 0.1) is 11.8 Å². The van der Waals surface area contributed by atoms with Crippen molar-refractivity contribution in [3.63, 3.8) is 0 Å². The summed E-state index contributed by atoms with van der Waals surface area (Å²) < 4.78 is 1.78. The largest absolute Gasteiger partial charge is 0.354 e. The van der Waals surface area contributed by atoms with Crippen molar-refractivity contribution in [2.45, 2.75) is 44.7 Å². The van der Waals surface area contributed by atoms with Crippen LogP contribution in [0.25, 0.3) is 0 Å². The molecule has 1 unspecified atom stereocenters. The molecule has 4 rings (SSSR count). The Morgan fingerprint density at radius 3 is 2.77 bits per heavy atom. The molecule has 2 aliphatic carbocycles. The fourth-order valence-electron chi connectivity index (χ4n) is 3.25. The molecule has 2 amide bonds. The van der Waals surface area contributed by atoms with Crippen LogP contribution in [0.3, 0.4) is 0 Å². The van der Waals surface area contributed by atoms with Crippen LogP contribution in [0.4, 0.5) is 0 Å². The number of fused-ring (bicyclic) bond motifs is 1. The molecule has 1 N–H and O–H groups in total. The Balaban J connectivity index is 1.49. The van der Waals surface area contributed by atoms with Gasteiger partial charge in [-0.3, -0.25) is 14.3 Å². The first-order chi connectivity index (χ1) is 10.7. The van der Waals surface area contributed by atoms with Crippen molar-refractivity contribution in [1.82, 2.24) is 20.0 Å². The molecule has 0 bridgehead atoms. The third-order valence-corrected chi connectivity index (χ3v) is 5.12. The van der Waals surface area contributed by atoms with Crippen LogP contribution in [-0.2, 0) is 16.1 Å². The van der Waals surface area contributed by atoms with Crippen molar-refractivity contribution in [3.8, 4) is 0 Å². The highest BCUT2D eigenvalue weighted by molar-refractivity contribution is 5.83. The Bertz CT molecular complexity index is 589. The van der Waals surface area contributed by atoms with E-state index in [1.807, 2.05) is 11.0 Å². The molecule has 0 aromatic carbocycles. The molecule has 0 saturated heterocycles. The molecule has 2 heterocycles. The Kier molecular flexibility index (Phi) is 3.39. The van der Waals surface area contributed by atoms with Crippen molar-refractivity contribution in [1.29, 1.82) is 0 Å². The average molecular weight is 302 g/mol. The van der Waals surface area contributed by atoms with Crippen molar-refractivity contribution in [3.05, 3.63) is 18.0 Å². The van der Waals surface area contributed by atoms with Crippen LogP contribution in [0.5, 0.6) is 0 Å². The zero-order valence-corrected chi connectivity index (χ0v) is 12.7. The Labute approximate surface area is 129 Å². The summed E-state index contributed by atoms with van der Waals surface area (Å²) in [5.74, 6) is 1.02. The van der Waals surface area contributed by atoms with Gasteiger partial charge in [0.25, 0.3) is 0 Å². The summed E-state index contributed by atoms with van der Waals surface area (Å²) in [5.41, 5.74) is 0.950. The monoisotopic (exact) mass is 302 g/mol. The third kappa shape index (κ3) is 2.51. The van der Waals surface area contributed by atoms with Crippen LogP contribution >= 0.6 is 0 Å². The second-order valence-corrected chi connectivity index (χ2v) is 6.82. The summed E-state index contributed by atoms with van der Waals surface area (Å²) in [6.07, 6.45) is 7.27. The van der Waals surface area contributed by atoms with Gasteiger partial charge >= 0.3 is 0 Å². The number of hydrogen-bond acceptors (Lipinski definition) is 3. The van der Waals surface area contributed by atoms with Gasteiger partial charge in [0.2, 0.25) is 11.8 Å². The van der Waals surface area contributed by atoms with Gasteiger partial charge < -0.3 is 10.2 Å². The quantitative estimate of drug-likeness (QED) is 0.905. The van der Waals surface area contributed by atoms with Crippen molar-refractivity contribution in [2.24, 2.45) is 11.8 Å². The number of carbonyl (C=O) groups excluding carboxylic acids is 2. The number of rotatable bonds is 4. The molecule has 1 aromatic heterocycles. The lowest BCUT2D eigenvalue weighted by molar-refractivity contribution is -0.141. The third-order valence-electron chi connectivity index (χ3n) is 5.12. The van der Waals surface area contributed by atoms with E-state index < -0.39 is 0 Å². The van der Waals surface area contributed by atoms with E-state index in [1.165, 1.54) is 12.8 Å². The predicted octanol–water partition coefficient (Wildman–Crippen LogP) is 1.09. The summed E-state index contributed by atoms with van der Waals surface area (Å²) in [6.45, 7) is 1.77. The first kappa shape index (κ1) is 13.8. The van der Waals surface area contributed by atoms with Gasteiger partial charge in [0.15, 0.2) is 0 Å². The minimum atomic E-state index is -0.387. The van der Waals surface area contributed by atoms with Crippen molar-refractivity contribution < 1.29 is 9.59 Å². The van der Waals surface area contributed by atoms with E-state index in [2.05, 4.69) is 10.4 Å². The summed E-state index contributed by atoms with van der Waals surface area (Å²) in [5, 5.41) is 7.32. The summed E-state index contributed by atoms with van der Waals surface area (Å²) >= 11 is 0. The molecule has 118 valence electrons. The Hall–Kier alpha value is -1.85. The number of amides is 2. The molecule has 0 radical (unpaired) electrons. The second-order valence-electron chi connectivity index (χ2n) is 6.82. The number of hydrogen-bond donors (Lipinski definition) is 1. The fraction of sp³-hybridized carbons (Fsp3) is 0.688. The predicted molar refractivity (Wildman–Crippen MR) is 79.8 cm³/mol. The van der Waals surface area contributed by atoms with Gasteiger partial charge in [0, 0.05) is 18.7 Å². The minimum Gasteiger partial charge on any atom is -0.354 e. The van der Waals surface area contributed by atoms with E-state index in [1.54, 1.807) is 10.9 Å². The van der Waals surface area contributed by atoms with Crippen molar-refractivity contribution in [2.75, 3.05) is 13.1 Å². The lowest BCUT2D eigenvalue weighted by Gasteiger charge is -2.37. The Morgan fingerprint density at radius 1 is 1.27 bits per heavy atom. The number of carbonyl (C=O) groups is 2. The second kappa shape index (κ2) is 5.41. The maximum absolute atomic E-state index is 12.5. The summed E-state index contributed by atoms with van der Waals surface area (Å²) in [4.78, 5) is 26.9. The first-order valence-corrected chi connectivity index (χ1v) is 8.31. The van der Waals surface area contributed by atoms with Crippen LogP contribution in [-0.4, -0.2) is 39.6 Å². The highest BCUT2D eigenvalue weighted by Gasteiger charge is 2.37. The average Bonchev–Trinajstić information content (AvgIpc) is 3.17. The fourth-order valence-corrected chi connectivity index (χ4v) is 3.25. The van der Waals surface area contributed by atoms with E-state index in [-0.39, 0.29) is 23.8 Å². The molecule has 6 heteroatoms. The standard InChI is InChI=1S/C16H22N4O2/c21-15(17-8-11-4-5-11)14-10-19(16(22)12-2-1-3-12)9-13-6-7-18-20(13)14/h6-7,11-12,14H,1-5,8-10H2,(H,17,21). The lowest BCUT2D eigenvalue weighted by atomic mass is 9.84. The first-order valence-electron chi connectivity index (χ1n) is 8.31. The molecule has 2 fully saturated rings.